The molecular weight excluding hydrogens is 248 g/mol. The molecule has 3 heterocycles. The summed E-state index contributed by atoms with van der Waals surface area (Å²) in [7, 11) is 0. The normalized spacial score (nSPS) is 12.7. The van der Waals surface area contributed by atoms with E-state index in [2.05, 4.69) is 20.8 Å². The van der Waals surface area contributed by atoms with Crippen LogP contribution in [-0.4, -0.2) is 14.7 Å². The summed E-state index contributed by atoms with van der Waals surface area (Å²) in [6.45, 7) is 0.260. The van der Waals surface area contributed by atoms with Crippen LogP contribution < -0.4 is 5.73 Å². The van der Waals surface area contributed by atoms with Gasteiger partial charge >= 0.3 is 0 Å². The van der Waals surface area contributed by atoms with E-state index in [-0.39, 0.29) is 12.6 Å². The van der Waals surface area contributed by atoms with Crippen LogP contribution in [0.1, 0.15) is 22.6 Å². The summed E-state index contributed by atoms with van der Waals surface area (Å²) in [5.74, 6) is 1.09. The monoisotopic (exact) mass is 260 g/mol. The van der Waals surface area contributed by atoms with Gasteiger partial charge in [0.15, 0.2) is 5.82 Å². The van der Waals surface area contributed by atoms with E-state index in [0.717, 1.165) is 4.88 Å². The summed E-state index contributed by atoms with van der Waals surface area (Å²) in [5, 5.41) is 6.06. The quantitative estimate of drug-likeness (QED) is 0.779. The standard InChI is InChI=1S/C12H12N4OS/c13-8-10-14-12(15-17-10)11(9-4-3-7-18-9)16-5-1-2-6-16/h1-7,11H,8,13H2/t11-/m0/s1. The Kier molecular flexibility index (Phi) is 2.95. The number of nitrogens with zero attached hydrogens (tertiary/aromatic N) is 3. The molecule has 0 saturated carbocycles. The predicted molar refractivity (Wildman–Crippen MR) is 68.2 cm³/mol. The van der Waals surface area contributed by atoms with Gasteiger partial charge in [0.1, 0.15) is 6.04 Å². The maximum Gasteiger partial charge on any atom is 0.240 e. The van der Waals surface area contributed by atoms with Crippen LogP contribution >= 0.6 is 11.3 Å². The van der Waals surface area contributed by atoms with Crippen molar-refractivity contribution in [2.75, 3.05) is 0 Å². The highest BCUT2D eigenvalue weighted by molar-refractivity contribution is 7.10. The molecule has 0 aliphatic rings. The third-order valence-electron chi connectivity index (χ3n) is 2.64. The summed E-state index contributed by atoms with van der Waals surface area (Å²) in [6, 6.07) is 7.98. The lowest BCUT2D eigenvalue weighted by Crippen LogP contribution is -2.11. The minimum Gasteiger partial charge on any atom is -0.339 e. The molecule has 0 amide bonds. The van der Waals surface area contributed by atoms with Gasteiger partial charge in [0.2, 0.25) is 5.89 Å². The van der Waals surface area contributed by atoms with Crippen molar-refractivity contribution in [3.63, 3.8) is 0 Å². The van der Waals surface area contributed by atoms with Gasteiger partial charge in [-0.05, 0) is 23.6 Å². The van der Waals surface area contributed by atoms with Gasteiger partial charge in [-0.25, -0.2) is 0 Å². The molecule has 5 nitrogen and oxygen atoms in total. The molecular formula is C12H12N4OS. The molecule has 0 aliphatic heterocycles. The van der Waals surface area contributed by atoms with Crippen LogP contribution in [0.15, 0.2) is 46.6 Å². The average Bonchev–Trinajstić information content (AvgIpc) is 3.13. The lowest BCUT2D eigenvalue weighted by molar-refractivity contribution is 0.371. The van der Waals surface area contributed by atoms with Gasteiger partial charge in [-0.2, -0.15) is 4.98 Å². The third kappa shape index (κ3) is 1.96. The van der Waals surface area contributed by atoms with E-state index in [9.17, 15) is 0 Å². The molecule has 0 aromatic carbocycles. The third-order valence-corrected chi connectivity index (χ3v) is 3.57. The fourth-order valence-electron chi connectivity index (χ4n) is 1.84. The largest absolute Gasteiger partial charge is 0.339 e. The van der Waals surface area contributed by atoms with E-state index in [1.807, 2.05) is 36.0 Å². The molecule has 0 fully saturated rings. The number of thiophene rings is 1. The SMILES string of the molecule is NCc1nc([C@H](c2cccs2)n2cccc2)no1. The highest BCUT2D eigenvalue weighted by Crippen LogP contribution is 2.28. The predicted octanol–water partition coefficient (Wildman–Crippen LogP) is 2.03. The molecule has 6 heteroatoms. The van der Waals surface area contributed by atoms with Crippen molar-refractivity contribution in [1.82, 2.24) is 14.7 Å². The smallest absolute Gasteiger partial charge is 0.240 e. The molecule has 3 aromatic heterocycles. The fraction of sp³-hybridized carbons (Fsp3) is 0.167. The van der Waals surface area contributed by atoms with Crippen molar-refractivity contribution in [2.45, 2.75) is 12.6 Å². The number of hydrogen-bond acceptors (Lipinski definition) is 5. The number of nitrogens with two attached hydrogens (primary N) is 1. The molecule has 0 unspecified atom stereocenters. The molecule has 0 aliphatic carbocycles. The summed E-state index contributed by atoms with van der Waals surface area (Å²) >= 11 is 1.67. The Morgan fingerprint density at radius 2 is 2.17 bits per heavy atom. The average molecular weight is 260 g/mol. The van der Waals surface area contributed by atoms with Crippen molar-refractivity contribution in [3.05, 3.63) is 58.6 Å². The molecule has 3 rings (SSSR count). The van der Waals surface area contributed by atoms with E-state index >= 15 is 0 Å². The first-order valence-corrected chi connectivity index (χ1v) is 6.45. The van der Waals surface area contributed by atoms with Crippen LogP contribution in [0.4, 0.5) is 0 Å². The van der Waals surface area contributed by atoms with E-state index in [4.69, 9.17) is 10.3 Å². The lowest BCUT2D eigenvalue weighted by atomic mass is 10.2. The van der Waals surface area contributed by atoms with Gasteiger partial charge in [0, 0.05) is 17.3 Å². The molecule has 0 bridgehead atoms. The molecule has 18 heavy (non-hydrogen) atoms. The van der Waals surface area contributed by atoms with Gasteiger partial charge in [0.05, 0.1) is 6.54 Å². The number of aromatic nitrogens is 3. The fourth-order valence-corrected chi connectivity index (χ4v) is 2.66. The molecule has 92 valence electrons. The van der Waals surface area contributed by atoms with Crippen molar-refractivity contribution in [2.24, 2.45) is 5.73 Å². The number of rotatable bonds is 4. The van der Waals surface area contributed by atoms with Gasteiger partial charge in [0.25, 0.3) is 0 Å². The Morgan fingerprint density at radius 3 is 2.78 bits per heavy atom. The van der Waals surface area contributed by atoms with Crippen LogP contribution in [0.3, 0.4) is 0 Å². The molecule has 3 aromatic rings. The maximum atomic E-state index is 5.50. The first kappa shape index (κ1) is 11.2. The Hall–Kier alpha value is -1.92. The van der Waals surface area contributed by atoms with E-state index in [0.29, 0.717) is 11.7 Å². The van der Waals surface area contributed by atoms with Crippen LogP contribution in [0.2, 0.25) is 0 Å². The zero-order chi connectivity index (χ0) is 12.4. The minimum atomic E-state index is -0.0518. The van der Waals surface area contributed by atoms with Crippen LogP contribution in [0.5, 0.6) is 0 Å². The highest BCUT2D eigenvalue weighted by Gasteiger charge is 2.22. The van der Waals surface area contributed by atoms with Crippen LogP contribution in [0.25, 0.3) is 0 Å². The van der Waals surface area contributed by atoms with Crippen molar-refractivity contribution in [1.29, 1.82) is 0 Å². The maximum absolute atomic E-state index is 5.50. The summed E-state index contributed by atoms with van der Waals surface area (Å²) < 4.78 is 7.15. The van der Waals surface area contributed by atoms with Gasteiger partial charge in [-0.3, -0.25) is 0 Å². The molecule has 1 atom stereocenters. The number of hydrogen-bond donors (Lipinski definition) is 1. The second kappa shape index (κ2) is 4.75. The van der Waals surface area contributed by atoms with E-state index in [1.165, 1.54) is 0 Å². The molecule has 0 spiro atoms. The van der Waals surface area contributed by atoms with E-state index in [1.54, 1.807) is 11.3 Å². The van der Waals surface area contributed by atoms with Crippen LogP contribution in [-0.2, 0) is 6.54 Å². The second-order valence-corrected chi connectivity index (χ2v) is 4.78. The van der Waals surface area contributed by atoms with Crippen LogP contribution in [0, 0.1) is 0 Å². The Morgan fingerprint density at radius 1 is 1.33 bits per heavy atom. The zero-order valence-corrected chi connectivity index (χ0v) is 10.4. The zero-order valence-electron chi connectivity index (χ0n) is 9.56. The topological polar surface area (TPSA) is 69.9 Å². The highest BCUT2D eigenvalue weighted by atomic mass is 32.1. The summed E-state index contributed by atoms with van der Waals surface area (Å²) in [6.07, 6.45) is 3.98. The summed E-state index contributed by atoms with van der Waals surface area (Å²) in [4.78, 5) is 5.49. The molecule has 0 radical (unpaired) electrons. The Labute approximate surface area is 108 Å². The Balaban J connectivity index is 2.05. The first-order valence-electron chi connectivity index (χ1n) is 5.57. The molecule has 2 N–H and O–H groups in total. The first-order chi connectivity index (χ1) is 8.88. The summed E-state index contributed by atoms with van der Waals surface area (Å²) in [5.41, 5.74) is 5.50. The van der Waals surface area contributed by atoms with Gasteiger partial charge in [-0.1, -0.05) is 11.2 Å². The van der Waals surface area contributed by atoms with Crippen molar-refractivity contribution < 1.29 is 4.52 Å². The van der Waals surface area contributed by atoms with Crippen molar-refractivity contribution >= 4 is 11.3 Å². The second-order valence-electron chi connectivity index (χ2n) is 3.80. The molecule has 0 saturated heterocycles. The Bertz CT molecular complexity index is 566. The van der Waals surface area contributed by atoms with Gasteiger partial charge < -0.3 is 14.8 Å². The van der Waals surface area contributed by atoms with E-state index < -0.39 is 0 Å². The lowest BCUT2D eigenvalue weighted by Gasteiger charge is -2.13. The van der Waals surface area contributed by atoms with Gasteiger partial charge in [-0.15, -0.1) is 11.3 Å². The van der Waals surface area contributed by atoms with Crippen molar-refractivity contribution in [3.8, 4) is 0 Å². The minimum absolute atomic E-state index is 0.0518.